The Bertz CT molecular complexity index is 1240. The molecule has 2 N–H and O–H groups in total. The minimum Gasteiger partial charge on any atom is -0.465 e. The molecule has 0 fully saturated rings. The first kappa shape index (κ1) is 27.1. The molecule has 0 saturated carbocycles. The summed E-state index contributed by atoms with van der Waals surface area (Å²) >= 11 is 0. The van der Waals surface area contributed by atoms with Crippen LogP contribution in [-0.4, -0.2) is 30.2 Å². The van der Waals surface area contributed by atoms with E-state index in [0.29, 0.717) is 17.0 Å². The van der Waals surface area contributed by atoms with E-state index in [4.69, 9.17) is 9.26 Å². The summed E-state index contributed by atoms with van der Waals surface area (Å²) in [5, 5.41) is 8.96. The second-order valence-electron chi connectivity index (χ2n) is 8.24. The Labute approximate surface area is 213 Å². The van der Waals surface area contributed by atoms with Gasteiger partial charge in [0.1, 0.15) is 29.9 Å². The number of halogens is 1. The van der Waals surface area contributed by atoms with Crippen molar-refractivity contribution in [3.63, 3.8) is 0 Å². The van der Waals surface area contributed by atoms with Crippen LogP contribution in [0.25, 0.3) is 0 Å². The van der Waals surface area contributed by atoms with Crippen LogP contribution in [0.1, 0.15) is 45.9 Å². The summed E-state index contributed by atoms with van der Waals surface area (Å²) in [6.45, 7) is 3.37. The van der Waals surface area contributed by atoms with Crippen molar-refractivity contribution < 1.29 is 32.8 Å². The SMILES string of the molecule is COC(=O)c1ccc(C(NC(=O)OCc2ccccc2)/C(F)=C/[C@@H](C)C(=O)NCc2cc(C)on2)cc1. The third-order valence-corrected chi connectivity index (χ3v) is 5.36. The summed E-state index contributed by atoms with van der Waals surface area (Å²) in [7, 11) is 1.25. The van der Waals surface area contributed by atoms with E-state index in [1.54, 1.807) is 37.3 Å². The molecule has 2 aromatic carbocycles. The van der Waals surface area contributed by atoms with E-state index in [9.17, 15) is 14.4 Å². The number of alkyl carbamates (subject to hydrolysis) is 1. The van der Waals surface area contributed by atoms with E-state index in [2.05, 4.69) is 20.5 Å². The van der Waals surface area contributed by atoms with Crippen molar-refractivity contribution in [3.8, 4) is 0 Å². The van der Waals surface area contributed by atoms with Gasteiger partial charge in [-0.1, -0.05) is 47.6 Å². The molecule has 3 rings (SSSR count). The Morgan fingerprint density at radius 1 is 1.11 bits per heavy atom. The lowest BCUT2D eigenvalue weighted by Gasteiger charge is -2.19. The number of carbonyl (C=O) groups excluding carboxylic acids is 3. The number of hydrogen-bond donors (Lipinski definition) is 2. The van der Waals surface area contributed by atoms with Crippen LogP contribution in [0.4, 0.5) is 9.18 Å². The van der Waals surface area contributed by atoms with Crippen molar-refractivity contribution in [3.05, 3.63) is 101 Å². The van der Waals surface area contributed by atoms with Gasteiger partial charge in [0.2, 0.25) is 5.91 Å². The van der Waals surface area contributed by atoms with Crippen molar-refractivity contribution in [2.24, 2.45) is 5.92 Å². The normalized spacial score (nSPS) is 12.8. The Morgan fingerprint density at radius 3 is 2.43 bits per heavy atom. The van der Waals surface area contributed by atoms with Crippen molar-refractivity contribution in [1.82, 2.24) is 15.8 Å². The first-order valence-electron chi connectivity index (χ1n) is 11.5. The average molecular weight is 510 g/mol. The van der Waals surface area contributed by atoms with Gasteiger partial charge >= 0.3 is 12.1 Å². The van der Waals surface area contributed by atoms with Crippen LogP contribution >= 0.6 is 0 Å². The lowest BCUT2D eigenvalue weighted by atomic mass is 10.0. The lowest BCUT2D eigenvalue weighted by molar-refractivity contribution is -0.123. The van der Waals surface area contributed by atoms with E-state index in [1.807, 2.05) is 6.07 Å². The first-order chi connectivity index (χ1) is 17.8. The van der Waals surface area contributed by atoms with Gasteiger partial charge in [-0.25, -0.2) is 14.0 Å². The fraction of sp³-hybridized carbons (Fsp3) is 0.259. The molecule has 0 aliphatic carbocycles. The highest BCUT2D eigenvalue weighted by molar-refractivity contribution is 5.89. The topological polar surface area (TPSA) is 120 Å². The summed E-state index contributed by atoms with van der Waals surface area (Å²) in [6.07, 6.45) is 0.257. The monoisotopic (exact) mass is 509 g/mol. The molecule has 0 aliphatic rings. The number of carbonyl (C=O) groups is 3. The van der Waals surface area contributed by atoms with Crippen molar-refractivity contribution in [2.75, 3.05) is 7.11 Å². The van der Waals surface area contributed by atoms with Gasteiger partial charge < -0.3 is 24.6 Å². The van der Waals surface area contributed by atoms with Crippen LogP contribution in [-0.2, 0) is 27.4 Å². The molecule has 10 heteroatoms. The Morgan fingerprint density at radius 2 is 1.81 bits per heavy atom. The maximum atomic E-state index is 15.5. The molecular weight excluding hydrogens is 481 g/mol. The maximum Gasteiger partial charge on any atom is 0.408 e. The van der Waals surface area contributed by atoms with E-state index >= 15 is 4.39 Å². The predicted molar refractivity (Wildman–Crippen MR) is 132 cm³/mol. The Hall–Kier alpha value is -4.47. The smallest absolute Gasteiger partial charge is 0.408 e. The van der Waals surface area contributed by atoms with Gasteiger partial charge in [0, 0.05) is 6.07 Å². The van der Waals surface area contributed by atoms with Gasteiger partial charge in [0.25, 0.3) is 0 Å². The number of ether oxygens (including phenoxy) is 2. The largest absolute Gasteiger partial charge is 0.465 e. The van der Waals surface area contributed by atoms with Crippen LogP contribution in [0.15, 0.2) is 77.1 Å². The first-order valence-corrected chi connectivity index (χ1v) is 11.5. The molecule has 0 spiro atoms. The Balaban J connectivity index is 1.73. The van der Waals surface area contributed by atoms with Gasteiger partial charge in [0.15, 0.2) is 0 Å². The number of aryl methyl sites for hydroxylation is 1. The van der Waals surface area contributed by atoms with Gasteiger partial charge in [-0.05, 0) is 43.2 Å². The van der Waals surface area contributed by atoms with E-state index in [0.717, 1.165) is 11.6 Å². The highest BCUT2D eigenvalue weighted by Gasteiger charge is 2.23. The second kappa shape index (κ2) is 13.0. The van der Waals surface area contributed by atoms with Crippen molar-refractivity contribution in [2.45, 2.75) is 33.0 Å². The van der Waals surface area contributed by atoms with E-state index in [1.165, 1.54) is 38.3 Å². The molecule has 37 heavy (non-hydrogen) atoms. The minimum atomic E-state index is -1.26. The van der Waals surface area contributed by atoms with Crippen LogP contribution < -0.4 is 10.6 Å². The maximum absolute atomic E-state index is 15.5. The van der Waals surface area contributed by atoms with Crippen molar-refractivity contribution in [1.29, 1.82) is 0 Å². The van der Waals surface area contributed by atoms with E-state index < -0.39 is 35.8 Å². The summed E-state index contributed by atoms with van der Waals surface area (Å²) in [5.41, 5.74) is 1.90. The number of esters is 1. The number of benzene rings is 2. The standard InChI is InChI=1S/C27H28FN3O6/c1-17(25(32)29-15-22-14-18(2)37-31-22)13-23(28)24(20-9-11-21(12-10-20)26(33)35-3)30-27(34)36-16-19-7-5-4-6-8-19/h4-14,17,24H,15-16H2,1-3H3,(H,29,32)(H,30,34)/b23-13-/t17-,24?/m1/s1. The highest BCUT2D eigenvalue weighted by Crippen LogP contribution is 2.25. The fourth-order valence-electron chi connectivity index (χ4n) is 3.37. The molecule has 0 radical (unpaired) electrons. The molecule has 0 saturated heterocycles. The molecule has 1 heterocycles. The third kappa shape index (κ3) is 8.03. The lowest BCUT2D eigenvalue weighted by Crippen LogP contribution is -2.31. The zero-order valence-electron chi connectivity index (χ0n) is 20.7. The van der Waals surface area contributed by atoms with Gasteiger partial charge in [0.05, 0.1) is 25.1 Å². The average Bonchev–Trinajstić information content (AvgIpc) is 3.34. The molecule has 194 valence electrons. The molecule has 3 aromatic rings. The number of nitrogens with one attached hydrogen (secondary N) is 2. The van der Waals surface area contributed by atoms with Gasteiger partial charge in [-0.15, -0.1) is 0 Å². The number of methoxy groups -OCH3 is 1. The molecular formula is C27H28FN3O6. The molecule has 1 unspecified atom stereocenters. The molecule has 9 nitrogen and oxygen atoms in total. The Kier molecular flexibility index (Phi) is 9.54. The highest BCUT2D eigenvalue weighted by atomic mass is 19.1. The summed E-state index contributed by atoms with van der Waals surface area (Å²) < 4.78 is 30.4. The zero-order valence-corrected chi connectivity index (χ0v) is 20.7. The number of nitrogens with zero attached hydrogens (tertiary/aromatic N) is 1. The van der Waals surface area contributed by atoms with Crippen LogP contribution in [0, 0.1) is 12.8 Å². The zero-order chi connectivity index (χ0) is 26.8. The van der Waals surface area contributed by atoms with Crippen molar-refractivity contribution >= 4 is 18.0 Å². The van der Waals surface area contributed by atoms with Crippen LogP contribution in [0.3, 0.4) is 0 Å². The molecule has 0 bridgehead atoms. The summed E-state index contributed by atoms with van der Waals surface area (Å²) in [4.78, 5) is 36.8. The predicted octanol–water partition coefficient (Wildman–Crippen LogP) is 4.54. The summed E-state index contributed by atoms with van der Waals surface area (Å²) in [5.74, 6) is -2.03. The second-order valence-corrected chi connectivity index (χ2v) is 8.24. The summed E-state index contributed by atoms with van der Waals surface area (Å²) in [6, 6.07) is 15.3. The van der Waals surface area contributed by atoms with Crippen LogP contribution in [0.5, 0.6) is 0 Å². The molecule has 2 amide bonds. The quantitative estimate of drug-likeness (QED) is 0.385. The number of aromatic nitrogens is 1. The molecule has 2 atom stereocenters. The number of amides is 2. The van der Waals surface area contributed by atoms with E-state index in [-0.39, 0.29) is 18.7 Å². The van der Waals surface area contributed by atoms with Gasteiger partial charge in [-0.2, -0.15) is 0 Å². The van der Waals surface area contributed by atoms with Crippen LogP contribution in [0.2, 0.25) is 0 Å². The number of hydrogen-bond acceptors (Lipinski definition) is 7. The molecule has 0 aliphatic heterocycles. The molecule has 1 aromatic heterocycles. The fourth-order valence-corrected chi connectivity index (χ4v) is 3.37. The third-order valence-electron chi connectivity index (χ3n) is 5.36. The number of rotatable bonds is 10. The van der Waals surface area contributed by atoms with Gasteiger partial charge in [-0.3, -0.25) is 4.79 Å². The minimum absolute atomic E-state index is 0.00760.